The van der Waals surface area contributed by atoms with Gasteiger partial charge in [-0.25, -0.2) is 0 Å². The van der Waals surface area contributed by atoms with Crippen molar-refractivity contribution in [2.24, 2.45) is 7.05 Å². The van der Waals surface area contributed by atoms with E-state index in [9.17, 15) is 0 Å². The van der Waals surface area contributed by atoms with Crippen molar-refractivity contribution >= 4 is 0 Å². The van der Waals surface area contributed by atoms with Crippen molar-refractivity contribution in [3.8, 4) is 0 Å². The number of hydrogen-bond acceptors (Lipinski definition) is 5. The van der Waals surface area contributed by atoms with Crippen molar-refractivity contribution in [3.05, 3.63) is 29.7 Å². The molecule has 0 aromatic carbocycles. The number of aromatic nitrogens is 4. The molecule has 0 bridgehead atoms. The molecule has 0 radical (unpaired) electrons. The summed E-state index contributed by atoms with van der Waals surface area (Å²) in [6, 6.07) is 0. The molecule has 86 valence electrons. The molecule has 2 rings (SSSR count). The highest BCUT2D eigenvalue weighted by molar-refractivity contribution is 5.03. The quantitative estimate of drug-likeness (QED) is 0.742. The molecule has 2 heterocycles. The van der Waals surface area contributed by atoms with E-state index in [1.54, 1.807) is 11.6 Å². The maximum atomic E-state index is 4.87. The second-order valence-electron chi connectivity index (χ2n) is 3.68. The van der Waals surface area contributed by atoms with Gasteiger partial charge in [0, 0.05) is 20.2 Å². The average molecular weight is 221 g/mol. The zero-order valence-corrected chi connectivity index (χ0v) is 9.47. The Kier molecular flexibility index (Phi) is 3.31. The summed E-state index contributed by atoms with van der Waals surface area (Å²) in [6.45, 7) is 3.29. The molecule has 16 heavy (non-hydrogen) atoms. The third kappa shape index (κ3) is 2.90. The zero-order valence-electron chi connectivity index (χ0n) is 9.47. The molecule has 6 nitrogen and oxygen atoms in total. The molecule has 0 aliphatic carbocycles. The van der Waals surface area contributed by atoms with Gasteiger partial charge >= 0.3 is 0 Å². The monoisotopic (exact) mass is 221 g/mol. The van der Waals surface area contributed by atoms with Gasteiger partial charge in [-0.1, -0.05) is 5.16 Å². The summed E-state index contributed by atoms with van der Waals surface area (Å²) < 4.78 is 6.67. The van der Waals surface area contributed by atoms with Crippen molar-refractivity contribution < 1.29 is 4.52 Å². The van der Waals surface area contributed by atoms with E-state index in [-0.39, 0.29) is 0 Å². The van der Waals surface area contributed by atoms with E-state index in [0.29, 0.717) is 18.3 Å². The molecule has 0 spiro atoms. The highest BCUT2D eigenvalue weighted by Gasteiger charge is 2.01. The number of aryl methyl sites for hydroxylation is 2. The predicted octanol–water partition coefficient (Wildman–Crippen LogP) is 0.444. The SMILES string of the molecule is Cc1nc(CNCCc2cnn(C)c2)no1. The van der Waals surface area contributed by atoms with E-state index in [1.165, 1.54) is 5.56 Å². The lowest BCUT2D eigenvalue weighted by Gasteiger charge is -1.99. The second-order valence-corrected chi connectivity index (χ2v) is 3.68. The summed E-state index contributed by atoms with van der Waals surface area (Å²) >= 11 is 0. The normalized spacial score (nSPS) is 10.9. The minimum Gasteiger partial charge on any atom is -0.340 e. The Hall–Kier alpha value is -1.69. The highest BCUT2D eigenvalue weighted by Crippen LogP contribution is 1.97. The van der Waals surface area contributed by atoms with Crippen molar-refractivity contribution in [2.45, 2.75) is 19.9 Å². The van der Waals surface area contributed by atoms with Crippen LogP contribution < -0.4 is 5.32 Å². The van der Waals surface area contributed by atoms with Crippen LogP contribution in [0.25, 0.3) is 0 Å². The van der Waals surface area contributed by atoms with Gasteiger partial charge in [-0.15, -0.1) is 0 Å². The first kappa shape index (κ1) is 10.8. The van der Waals surface area contributed by atoms with Gasteiger partial charge in [0.2, 0.25) is 5.89 Å². The van der Waals surface area contributed by atoms with Gasteiger partial charge in [-0.2, -0.15) is 10.1 Å². The number of rotatable bonds is 5. The van der Waals surface area contributed by atoms with Crippen LogP contribution in [0.2, 0.25) is 0 Å². The summed E-state index contributed by atoms with van der Waals surface area (Å²) in [5.41, 5.74) is 1.22. The minimum absolute atomic E-state index is 0.601. The van der Waals surface area contributed by atoms with E-state index in [0.717, 1.165) is 13.0 Å². The predicted molar refractivity (Wildman–Crippen MR) is 57.7 cm³/mol. The van der Waals surface area contributed by atoms with E-state index in [2.05, 4.69) is 20.6 Å². The minimum atomic E-state index is 0.601. The summed E-state index contributed by atoms with van der Waals surface area (Å²) in [6.07, 6.45) is 4.84. The fourth-order valence-electron chi connectivity index (χ4n) is 1.45. The van der Waals surface area contributed by atoms with Crippen molar-refractivity contribution in [1.82, 2.24) is 25.2 Å². The molecular weight excluding hydrogens is 206 g/mol. The number of hydrogen-bond donors (Lipinski definition) is 1. The van der Waals surface area contributed by atoms with Gasteiger partial charge < -0.3 is 9.84 Å². The molecule has 0 amide bonds. The van der Waals surface area contributed by atoms with Crippen LogP contribution in [0.1, 0.15) is 17.3 Å². The van der Waals surface area contributed by atoms with Crippen molar-refractivity contribution in [2.75, 3.05) is 6.54 Å². The Morgan fingerprint density at radius 1 is 1.50 bits per heavy atom. The van der Waals surface area contributed by atoms with Crippen LogP contribution in [-0.2, 0) is 20.0 Å². The fourth-order valence-corrected chi connectivity index (χ4v) is 1.45. The third-order valence-corrected chi connectivity index (χ3v) is 2.20. The molecule has 6 heteroatoms. The first-order chi connectivity index (χ1) is 7.74. The highest BCUT2D eigenvalue weighted by atomic mass is 16.5. The number of nitrogens with zero attached hydrogens (tertiary/aromatic N) is 4. The number of nitrogens with one attached hydrogen (secondary N) is 1. The fraction of sp³-hybridized carbons (Fsp3) is 0.500. The van der Waals surface area contributed by atoms with Crippen molar-refractivity contribution in [3.63, 3.8) is 0 Å². The molecule has 0 aliphatic heterocycles. The van der Waals surface area contributed by atoms with Gasteiger partial charge in [-0.3, -0.25) is 4.68 Å². The molecule has 0 aliphatic rings. The largest absolute Gasteiger partial charge is 0.340 e. The van der Waals surface area contributed by atoms with E-state index in [4.69, 9.17) is 4.52 Å². The van der Waals surface area contributed by atoms with E-state index >= 15 is 0 Å². The summed E-state index contributed by atoms with van der Waals surface area (Å²) in [5.74, 6) is 1.30. The van der Waals surface area contributed by atoms with E-state index in [1.807, 2.05) is 19.4 Å². The van der Waals surface area contributed by atoms with Crippen LogP contribution in [0.5, 0.6) is 0 Å². The van der Waals surface area contributed by atoms with Gasteiger partial charge in [-0.05, 0) is 18.5 Å². The molecule has 2 aromatic rings. The van der Waals surface area contributed by atoms with Gasteiger partial charge in [0.1, 0.15) is 0 Å². The van der Waals surface area contributed by atoms with E-state index < -0.39 is 0 Å². The van der Waals surface area contributed by atoms with Crippen LogP contribution >= 0.6 is 0 Å². The lowest BCUT2D eigenvalue weighted by molar-refractivity contribution is 0.385. The molecule has 0 saturated heterocycles. The maximum Gasteiger partial charge on any atom is 0.223 e. The summed E-state index contributed by atoms with van der Waals surface area (Å²) in [4.78, 5) is 4.10. The topological polar surface area (TPSA) is 68.8 Å². The Morgan fingerprint density at radius 2 is 2.38 bits per heavy atom. The molecular formula is C10H15N5O. The Bertz CT molecular complexity index is 405. The summed E-state index contributed by atoms with van der Waals surface area (Å²) in [5, 5.41) is 11.2. The summed E-state index contributed by atoms with van der Waals surface area (Å²) in [7, 11) is 1.92. The Balaban J connectivity index is 1.69. The van der Waals surface area contributed by atoms with Gasteiger partial charge in [0.15, 0.2) is 5.82 Å². The smallest absolute Gasteiger partial charge is 0.223 e. The maximum absolute atomic E-state index is 4.87. The lowest BCUT2D eigenvalue weighted by atomic mass is 10.2. The standard InChI is InChI=1S/C10H15N5O/c1-8-13-10(14-16-8)6-11-4-3-9-5-12-15(2)7-9/h5,7,11H,3-4,6H2,1-2H3. The molecule has 0 atom stereocenters. The zero-order chi connectivity index (χ0) is 11.4. The van der Waals surface area contributed by atoms with Crippen LogP contribution in [0.15, 0.2) is 16.9 Å². The average Bonchev–Trinajstić information content (AvgIpc) is 2.83. The third-order valence-electron chi connectivity index (χ3n) is 2.20. The second kappa shape index (κ2) is 4.89. The van der Waals surface area contributed by atoms with Crippen molar-refractivity contribution in [1.29, 1.82) is 0 Å². The van der Waals surface area contributed by atoms with Crippen LogP contribution in [-0.4, -0.2) is 26.5 Å². The first-order valence-electron chi connectivity index (χ1n) is 5.21. The van der Waals surface area contributed by atoms with Crippen LogP contribution in [0, 0.1) is 6.92 Å². The van der Waals surface area contributed by atoms with Gasteiger partial charge in [0.05, 0.1) is 12.7 Å². The molecule has 0 fully saturated rings. The molecule has 0 unspecified atom stereocenters. The molecule has 2 aromatic heterocycles. The molecule has 0 saturated carbocycles. The van der Waals surface area contributed by atoms with Crippen LogP contribution in [0.3, 0.4) is 0 Å². The Labute approximate surface area is 93.7 Å². The lowest BCUT2D eigenvalue weighted by Crippen LogP contribution is -2.17. The first-order valence-corrected chi connectivity index (χ1v) is 5.21. The Morgan fingerprint density at radius 3 is 3.00 bits per heavy atom. The van der Waals surface area contributed by atoms with Crippen LogP contribution in [0.4, 0.5) is 0 Å². The molecule has 1 N–H and O–H groups in total. The van der Waals surface area contributed by atoms with Gasteiger partial charge in [0.25, 0.3) is 0 Å².